The van der Waals surface area contributed by atoms with E-state index >= 15 is 0 Å². The molecule has 1 heterocycles. The maximum absolute atomic E-state index is 13.2. The van der Waals surface area contributed by atoms with Crippen molar-refractivity contribution < 1.29 is 18.0 Å². The summed E-state index contributed by atoms with van der Waals surface area (Å²) in [5.41, 5.74) is 2.08. The molecule has 0 saturated heterocycles. The predicted octanol–water partition coefficient (Wildman–Crippen LogP) is 5.40. The monoisotopic (exact) mass is 445 g/mol. The predicted molar refractivity (Wildman–Crippen MR) is 114 cm³/mol. The normalized spacial score (nSPS) is 13.9. The largest absolute Gasteiger partial charge is 0.406 e. The molecule has 2 aromatic carbocycles. The van der Waals surface area contributed by atoms with E-state index in [0.29, 0.717) is 17.8 Å². The highest BCUT2D eigenvalue weighted by Crippen LogP contribution is 2.32. The van der Waals surface area contributed by atoms with Crippen molar-refractivity contribution in [1.82, 2.24) is 14.5 Å². The van der Waals surface area contributed by atoms with Gasteiger partial charge >= 0.3 is 6.18 Å². The number of thioether (sulfide) groups is 1. The molecule has 4 rings (SSSR count). The molecule has 8 heteroatoms. The molecule has 1 fully saturated rings. The van der Waals surface area contributed by atoms with Gasteiger partial charge in [-0.3, -0.25) is 4.79 Å². The van der Waals surface area contributed by atoms with Crippen molar-refractivity contribution in [3.63, 3.8) is 0 Å². The van der Waals surface area contributed by atoms with Gasteiger partial charge in [-0.1, -0.05) is 72.4 Å². The fourth-order valence-electron chi connectivity index (χ4n) is 3.44. The standard InChI is InChI=1S/C23H22F3N3OS/c24-23(25,26)16-29-20(18-9-5-2-6-10-18)13-27-22(29)31-15-21(30)28(19-11-12-19)14-17-7-3-1-4-8-17/h1-10,13,19H,11-12,14-16H2. The van der Waals surface area contributed by atoms with Crippen LogP contribution in [0.5, 0.6) is 0 Å². The van der Waals surface area contributed by atoms with E-state index in [1.807, 2.05) is 41.3 Å². The van der Waals surface area contributed by atoms with Crippen molar-refractivity contribution in [2.45, 2.75) is 43.3 Å². The third-order valence-electron chi connectivity index (χ3n) is 5.05. The lowest BCUT2D eigenvalue weighted by Crippen LogP contribution is -2.34. The summed E-state index contributed by atoms with van der Waals surface area (Å²) in [7, 11) is 0. The van der Waals surface area contributed by atoms with Gasteiger partial charge in [-0.15, -0.1) is 0 Å². The molecule has 1 saturated carbocycles. The van der Waals surface area contributed by atoms with Crippen LogP contribution in [0.2, 0.25) is 0 Å². The number of hydrogen-bond donors (Lipinski definition) is 0. The maximum atomic E-state index is 13.2. The summed E-state index contributed by atoms with van der Waals surface area (Å²) in [6.07, 6.45) is -1.03. The number of aromatic nitrogens is 2. The summed E-state index contributed by atoms with van der Waals surface area (Å²) in [6, 6.07) is 18.8. The van der Waals surface area contributed by atoms with Crippen LogP contribution in [0.4, 0.5) is 13.2 Å². The molecule has 4 nitrogen and oxygen atoms in total. The minimum atomic E-state index is -4.39. The minimum Gasteiger partial charge on any atom is -0.335 e. The zero-order chi connectivity index (χ0) is 21.8. The van der Waals surface area contributed by atoms with E-state index in [2.05, 4.69) is 4.98 Å². The van der Waals surface area contributed by atoms with Gasteiger partial charge in [0.2, 0.25) is 5.91 Å². The second-order valence-electron chi connectivity index (χ2n) is 7.52. The average Bonchev–Trinajstić information content (AvgIpc) is 3.52. The van der Waals surface area contributed by atoms with E-state index < -0.39 is 12.7 Å². The Kier molecular flexibility index (Phi) is 6.36. The number of amides is 1. The van der Waals surface area contributed by atoms with Crippen LogP contribution in [0.3, 0.4) is 0 Å². The van der Waals surface area contributed by atoms with Crippen molar-refractivity contribution >= 4 is 17.7 Å². The van der Waals surface area contributed by atoms with Crippen LogP contribution in [0.15, 0.2) is 72.0 Å². The molecule has 1 aliphatic carbocycles. The molecule has 0 atom stereocenters. The van der Waals surface area contributed by atoms with Gasteiger partial charge in [-0.25, -0.2) is 4.98 Å². The lowest BCUT2D eigenvalue weighted by molar-refractivity contribution is -0.141. The topological polar surface area (TPSA) is 38.1 Å². The quantitative estimate of drug-likeness (QED) is 0.436. The first-order valence-corrected chi connectivity index (χ1v) is 11.0. The van der Waals surface area contributed by atoms with Crippen molar-refractivity contribution in [1.29, 1.82) is 0 Å². The van der Waals surface area contributed by atoms with E-state index in [0.717, 1.165) is 34.7 Å². The fraction of sp³-hybridized carbons (Fsp3) is 0.304. The molecule has 1 aliphatic rings. The Labute approximate surface area is 183 Å². The number of benzene rings is 2. The zero-order valence-corrected chi connectivity index (χ0v) is 17.6. The molecule has 0 N–H and O–H groups in total. The summed E-state index contributed by atoms with van der Waals surface area (Å²) in [6.45, 7) is -0.638. The second-order valence-corrected chi connectivity index (χ2v) is 8.46. The number of carbonyl (C=O) groups is 1. The molecule has 3 aromatic rings. The third kappa shape index (κ3) is 5.70. The zero-order valence-electron chi connectivity index (χ0n) is 16.8. The van der Waals surface area contributed by atoms with E-state index in [9.17, 15) is 18.0 Å². The van der Waals surface area contributed by atoms with E-state index in [1.54, 1.807) is 24.3 Å². The highest BCUT2D eigenvalue weighted by molar-refractivity contribution is 7.99. The first kappa shape index (κ1) is 21.5. The molecule has 162 valence electrons. The molecule has 1 aromatic heterocycles. The summed E-state index contributed by atoms with van der Waals surface area (Å²) in [5.74, 6) is -0.0360. The smallest absolute Gasteiger partial charge is 0.335 e. The molecule has 0 spiro atoms. The van der Waals surface area contributed by atoms with Crippen LogP contribution in [0.25, 0.3) is 11.3 Å². The summed E-state index contributed by atoms with van der Waals surface area (Å²) in [5, 5.41) is 0.194. The Morgan fingerprint density at radius 2 is 1.71 bits per heavy atom. The van der Waals surface area contributed by atoms with Gasteiger partial charge in [-0.05, 0) is 24.0 Å². The van der Waals surface area contributed by atoms with E-state index in [1.165, 1.54) is 6.20 Å². The van der Waals surface area contributed by atoms with Crippen LogP contribution < -0.4 is 0 Å². The van der Waals surface area contributed by atoms with Crippen LogP contribution in [0.1, 0.15) is 18.4 Å². The fourth-order valence-corrected chi connectivity index (χ4v) is 4.31. The first-order valence-electron chi connectivity index (χ1n) is 10.0. The first-order chi connectivity index (χ1) is 14.9. The van der Waals surface area contributed by atoms with E-state index in [4.69, 9.17) is 0 Å². The van der Waals surface area contributed by atoms with Gasteiger partial charge in [0.1, 0.15) is 6.54 Å². The third-order valence-corrected chi connectivity index (χ3v) is 6.03. The van der Waals surface area contributed by atoms with Gasteiger partial charge in [0.05, 0.1) is 17.6 Å². The summed E-state index contributed by atoms with van der Waals surface area (Å²) < 4.78 is 40.9. The van der Waals surface area contributed by atoms with Gasteiger partial charge < -0.3 is 9.47 Å². The van der Waals surface area contributed by atoms with Crippen molar-refractivity contribution in [3.8, 4) is 11.3 Å². The molecule has 1 amide bonds. The summed E-state index contributed by atoms with van der Waals surface area (Å²) >= 11 is 1.06. The number of halogens is 3. The highest BCUT2D eigenvalue weighted by atomic mass is 32.2. The van der Waals surface area contributed by atoms with Crippen molar-refractivity contribution in [2.24, 2.45) is 0 Å². The SMILES string of the molecule is O=C(CSc1ncc(-c2ccccc2)n1CC(F)(F)F)N(Cc1ccccc1)C1CC1. The Hall–Kier alpha value is -2.74. The highest BCUT2D eigenvalue weighted by Gasteiger charge is 2.34. The van der Waals surface area contributed by atoms with E-state index in [-0.39, 0.29) is 22.9 Å². The number of nitrogens with zero attached hydrogens (tertiary/aromatic N) is 3. The Morgan fingerprint density at radius 3 is 2.32 bits per heavy atom. The Morgan fingerprint density at radius 1 is 1.06 bits per heavy atom. The molecule has 0 unspecified atom stereocenters. The number of carbonyl (C=O) groups excluding carboxylic acids is 1. The molecule has 0 radical (unpaired) electrons. The van der Waals surface area contributed by atoms with Crippen LogP contribution >= 0.6 is 11.8 Å². The second kappa shape index (κ2) is 9.18. The Balaban J connectivity index is 1.50. The lowest BCUT2D eigenvalue weighted by atomic mass is 10.2. The molecule has 0 aliphatic heterocycles. The number of alkyl halides is 3. The molecule has 0 bridgehead atoms. The average molecular weight is 446 g/mol. The van der Waals surface area contributed by atoms with Crippen molar-refractivity contribution in [2.75, 3.05) is 5.75 Å². The molecular formula is C23H22F3N3OS. The maximum Gasteiger partial charge on any atom is 0.406 e. The van der Waals surface area contributed by atoms with Gasteiger partial charge in [0.15, 0.2) is 5.16 Å². The molecular weight excluding hydrogens is 423 g/mol. The lowest BCUT2D eigenvalue weighted by Gasteiger charge is -2.22. The van der Waals surface area contributed by atoms with Crippen LogP contribution in [-0.2, 0) is 17.9 Å². The number of rotatable bonds is 8. The number of hydrogen-bond acceptors (Lipinski definition) is 3. The molecule has 31 heavy (non-hydrogen) atoms. The van der Waals surface area contributed by atoms with Gasteiger partial charge in [0.25, 0.3) is 0 Å². The van der Waals surface area contributed by atoms with Crippen molar-refractivity contribution in [3.05, 3.63) is 72.4 Å². The van der Waals surface area contributed by atoms with Crippen LogP contribution in [0, 0.1) is 0 Å². The van der Waals surface area contributed by atoms with Gasteiger partial charge in [0, 0.05) is 12.6 Å². The van der Waals surface area contributed by atoms with Gasteiger partial charge in [-0.2, -0.15) is 13.2 Å². The van der Waals surface area contributed by atoms with Crippen LogP contribution in [-0.4, -0.2) is 38.3 Å². The Bertz CT molecular complexity index is 1020. The summed E-state index contributed by atoms with van der Waals surface area (Å²) in [4.78, 5) is 19.0. The number of imidazole rings is 1. The minimum absolute atomic E-state index is 0.0480.